The number of amides is 1. The van der Waals surface area contributed by atoms with Gasteiger partial charge in [0, 0.05) is 26.1 Å². The summed E-state index contributed by atoms with van der Waals surface area (Å²) >= 11 is 0. The van der Waals surface area contributed by atoms with Gasteiger partial charge < -0.3 is 20.1 Å². The van der Waals surface area contributed by atoms with Crippen molar-refractivity contribution >= 4 is 18.3 Å². The Morgan fingerprint density at radius 2 is 1.90 bits per heavy atom. The molecule has 0 saturated heterocycles. The van der Waals surface area contributed by atoms with Crippen molar-refractivity contribution in [2.45, 2.75) is 25.8 Å². The van der Waals surface area contributed by atoms with Gasteiger partial charge in [0.2, 0.25) is 5.91 Å². The zero-order chi connectivity index (χ0) is 15.1. The largest absolute Gasteiger partial charge is 0.493 e. The fourth-order valence-electron chi connectivity index (χ4n) is 1.87. The molecule has 0 aliphatic carbocycles. The maximum absolute atomic E-state index is 12.0. The average Bonchev–Trinajstić information content (AvgIpc) is 2.50. The molecular weight excluding hydrogens is 292 g/mol. The highest BCUT2D eigenvalue weighted by Crippen LogP contribution is 2.28. The van der Waals surface area contributed by atoms with Crippen LogP contribution in [0.3, 0.4) is 0 Å². The van der Waals surface area contributed by atoms with Gasteiger partial charge in [-0.3, -0.25) is 4.79 Å². The molecule has 0 aliphatic heterocycles. The Morgan fingerprint density at radius 1 is 1.29 bits per heavy atom. The highest BCUT2D eigenvalue weighted by atomic mass is 35.5. The van der Waals surface area contributed by atoms with E-state index >= 15 is 0 Å². The maximum Gasteiger partial charge on any atom is 0.222 e. The van der Waals surface area contributed by atoms with Gasteiger partial charge in [0.25, 0.3) is 0 Å². The normalized spacial score (nSPS) is 11.3. The summed E-state index contributed by atoms with van der Waals surface area (Å²) in [5, 5.41) is 0. The van der Waals surface area contributed by atoms with E-state index in [1.54, 1.807) is 26.2 Å². The number of likely N-dealkylation sites (N-methyl/N-ethyl adjacent to an activating group) is 1. The Bertz CT molecular complexity index is 455. The molecule has 2 N–H and O–H groups in total. The number of hydrogen-bond donors (Lipinski definition) is 1. The minimum Gasteiger partial charge on any atom is -0.493 e. The second-order valence-electron chi connectivity index (χ2n) is 4.78. The topological polar surface area (TPSA) is 64.8 Å². The number of carbonyl (C=O) groups is 1. The molecule has 1 atom stereocenters. The molecule has 0 saturated carbocycles. The van der Waals surface area contributed by atoms with Crippen LogP contribution in [-0.2, 0) is 11.2 Å². The van der Waals surface area contributed by atoms with Gasteiger partial charge in [-0.15, -0.1) is 12.4 Å². The summed E-state index contributed by atoms with van der Waals surface area (Å²) in [4.78, 5) is 13.7. The van der Waals surface area contributed by atoms with Crippen LogP contribution in [-0.4, -0.2) is 44.7 Å². The summed E-state index contributed by atoms with van der Waals surface area (Å²) in [5.74, 6) is 1.47. The Morgan fingerprint density at radius 3 is 2.43 bits per heavy atom. The molecule has 1 amide bonds. The predicted molar refractivity (Wildman–Crippen MR) is 86.4 cm³/mol. The number of hydrogen-bond acceptors (Lipinski definition) is 4. The van der Waals surface area contributed by atoms with Crippen molar-refractivity contribution in [2.24, 2.45) is 5.73 Å². The van der Waals surface area contributed by atoms with Crippen LogP contribution in [0.1, 0.15) is 18.9 Å². The van der Waals surface area contributed by atoms with E-state index < -0.39 is 0 Å². The summed E-state index contributed by atoms with van der Waals surface area (Å²) in [6, 6.07) is 5.76. The summed E-state index contributed by atoms with van der Waals surface area (Å²) in [5.41, 5.74) is 6.61. The summed E-state index contributed by atoms with van der Waals surface area (Å²) in [7, 11) is 4.99. The minimum atomic E-state index is 0. The number of rotatable bonds is 7. The molecule has 0 bridgehead atoms. The molecule has 1 unspecified atom stereocenters. The number of nitrogens with two attached hydrogens (primary N) is 1. The van der Waals surface area contributed by atoms with Crippen LogP contribution in [0.25, 0.3) is 0 Å². The summed E-state index contributed by atoms with van der Waals surface area (Å²) < 4.78 is 10.4. The standard InChI is InChI=1S/C15H24N2O3.ClH/c1-11(10-16)17(2)15(18)8-6-12-5-7-13(19-3)14(9-12)20-4;/h5,7,9,11H,6,8,10,16H2,1-4H3;1H. The van der Waals surface area contributed by atoms with E-state index in [1.165, 1.54) is 0 Å². The van der Waals surface area contributed by atoms with E-state index in [-0.39, 0.29) is 24.4 Å². The molecule has 0 heterocycles. The van der Waals surface area contributed by atoms with Crippen LogP contribution in [0, 0.1) is 0 Å². The quantitative estimate of drug-likeness (QED) is 0.834. The lowest BCUT2D eigenvalue weighted by atomic mass is 10.1. The van der Waals surface area contributed by atoms with Gasteiger partial charge in [-0.2, -0.15) is 0 Å². The summed E-state index contributed by atoms with van der Waals surface area (Å²) in [6.07, 6.45) is 1.12. The van der Waals surface area contributed by atoms with Gasteiger partial charge >= 0.3 is 0 Å². The molecule has 0 fully saturated rings. The lowest BCUT2D eigenvalue weighted by Crippen LogP contribution is -2.39. The molecular formula is C15H25ClN2O3. The van der Waals surface area contributed by atoms with Crippen molar-refractivity contribution in [2.75, 3.05) is 27.8 Å². The van der Waals surface area contributed by atoms with E-state index in [9.17, 15) is 4.79 Å². The third-order valence-corrected chi connectivity index (χ3v) is 3.47. The number of methoxy groups -OCH3 is 2. The first kappa shape index (κ1) is 19.5. The number of carbonyl (C=O) groups excluding carboxylic acids is 1. The Labute approximate surface area is 132 Å². The van der Waals surface area contributed by atoms with Gasteiger partial charge in [0.05, 0.1) is 14.2 Å². The first-order chi connectivity index (χ1) is 9.53. The lowest BCUT2D eigenvalue weighted by molar-refractivity contribution is -0.131. The molecule has 5 nitrogen and oxygen atoms in total. The number of nitrogens with zero attached hydrogens (tertiary/aromatic N) is 1. The molecule has 21 heavy (non-hydrogen) atoms. The second-order valence-corrected chi connectivity index (χ2v) is 4.78. The van der Waals surface area contributed by atoms with Crippen LogP contribution in [0.5, 0.6) is 11.5 Å². The monoisotopic (exact) mass is 316 g/mol. The number of halogens is 1. The van der Waals surface area contributed by atoms with Crippen LogP contribution in [0.2, 0.25) is 0 Å². The van der Waals surface area contributed by atoms with Crippen LogP contribution < -0.4 is 15.2 Å². The van der Waals surface area contributed by atoms with Crippen LogP contribution in [0.4, 0.5) is 0 Å². The third-order valence-electron chi connectivity index (χ3n) is 3.47. The van der Waals surface area contributed by atoms with Gasteiger partial charge in [-0.25, -0.2) is 0 Å². The van der Waals surface area contributed by atoms with Crippen molar-refractivity contribution in [1.29, 1.82) is 0 Å². The van der Waals surface area contributed by atoms with Crippen molar-refractivity contribution < 1.29 is 14.3 Å². The molecule has 0 radical (unpaired) electrons. The average molecular weight is 317 g/mol. The van der Waals surface area contributed by atoms with E-state index in [1.807, 2.05) is 25.1 Å². The summed E-state index contributed by atoms with van der Waals surface area (Å²) in [6.45, 7) is 2.41. The number of benzene rings is 1. The van der Waals surface area contributed by atoms with Crippen molar-refractivity contribution in [3.8, 4) is 11.5 Å². The Hall–Kier alpha value is -1.46. The van der Waals surface area contributed by atoms with Gasteiger partial charge in [0.15, 0.2) is 11.5 Å². The van der Waals surface area contributed by atoms with E-state index in [0.29, 0.717) is 30.9 Å². The molecule has 1 aromatic rings. The van der Waals surface area contributed by atoms with Gasteiger partial charge in [-0.1, -0.05) is 6.07 Å². The van der Waals surface area contributed by atoms with Crippen LogP contribution >= 0.6 is 12.4 Å². The number of aryl methyl sites for hydroxylation is 1. The highest BCUT2D eigenvalue weighted by molar-refractivity contribution is 5.85. The highest BCUT2D eigenvalue weighted by Gasteiger charge is 2.14. The Kier molecular flexibility index (Phi) is 8.81. The first-order valence-electron chi connectivity index (χ1n) is 6.70. The number of ether oxygens (including phenoxy) is 2. The van der Waals surface area contributed by atoms with Crippen molar-refractivity contribution in [3.05, 3.63) is 23.8 Å². The molecule has 0 aromatic heterocycles. The van der Waals surface area contributed by atoms with E-state index in [4.69, 9.17) is 15.2 Å². The first-order valence-corrected chi connectivity index (χ1v) is 6.70. The molecule has 6 heteroatoms. The molecule has 1 aromatic carbocycles. The van der Waals surface area contributed by atoms with Crippen LogP contribution in [0.15, 0.2) is 18.2 Å². The molecule has 0 aliphatic rings. The van der Waals surface area contributed by atoms with Gasteiger partial charge in [0.1, 0.15) is 0 Å². The Balaban J connectivity index is 0.00000400. The lowest BCUT2D eigenvalue weighted by Gasteiger charge is -2.23. The fourth-order valence-corrected chi connectivity index (χ4v) is 1.87. The maximum atomic E-state index is 12.0. The predicted octanol–water partition coefficient (Wildman–Crippen LogP) is 1.86. The second kappa shape index (κ2) is 9.47. The molecule has 0 spiro atoms. The van der Waals surface area contributed by atoms with E-state index in [2.05, 4.69) is 0 Å². The third kappa shape index (κ3) is 5.44. The molecule has 1 rings (SSSR count). The smallest absolute Gasteiger partial charge is 0.222 e. The molecule has 120 valence electrons. The van der Waals surface area contributed by atoms with E-state index in [0.717, 1.165) is 5.56 Å². The fraction of sp³-hybridized carbons (Fsp3) is 0.533. The zero-order valence-electron chi connectivity index (χ0n) is 13.1. The SMILES string of the molecule is COc1ccc(CCC(=O)N(C)C(C)CN)cc1OC.Cl. The minimum absolute atomic E-state index is 0. The van der Waals surface area contributed by atoms with Crippen molar-refractivity contribution in [3.63, 3.8) is 0 Å². The van der Waals surface area contributed by atoms with Gasteiger partial charge in [-0.05, 0) is 31.0 Å². The van der Waals surface area contributed by atoms with Crippen molar-refractivity contribution in [1.82, 2.24) is 4.90 Å². The zero-order valence-corrected chi connectivity index (χ0v) is 13.9.